The maximum Gasteiger partial charge on any atom is 0.377 e. The van der Waals surface area contributed by atoms with Crippen LogP contribution in [0.5, 0.6) is 0 Å². The highest BCUT2D eigenvalue weighted by Crippen LogP contribution is 2.37. The molecule has 0 heterocycles. The van der Waals surface area contributed by atoms with Gasteiger partial charge < -0.3 is 15.2 Å². The third kappa shape index (κ3) is 6.00. The van der Waals surface area contributed by atoms with Crippen LogP contribution in [-0.4, -0.2) is 42.2 Å². The van der Waals surface area contributed by atoms with Crippen LogP contribution in [0.25, 0.3) is 0 Å². The Bertz CT molecular complexity index is 429. The number of carbonyl (C=O) groups is 2. The molecule has 1 fully saturated rings. The van der Waals surface area contributed by atoms with E-state index in [0.717, 1.165) is 0 Å². The Balaban J connectivity index is 2.59. The van der Waals surface area contributed by atoms with Crippen LogP contribution >= 0.6 is 0 Å². The normalized spacial score (nSPS) is 23.1. The molecule has 5 nitrogen and oxygen atoms in total. The molecule has 0 saturated heterocycles. The Labute approximate surface area is 142 Å². The summed E-state index contributed by atoms with van der Waals surface area (Å²) < 4.78 is 32.8. The van der Waals surface area contributed by atoms with Crippen molar-refractivity contribution in [1.82, 2.24) is 5.32 Å². The van der Waals surface area contributed by atoms with Crippen molar-refractivity contribution in [3.63, 3.8) is 0 Å². The number of carbonyl (C=O) groups excluding carboxylic acids is 1. The van der Waals surface area contributed by atoms with Crippen LogP contribution in [0.4, 0.5) is 8.78 Å². The minimum atomic E-state index is -3.49. The van der Waals surface area contributed by atoms with Crippen LogP contribution in [0.15, 0.2) is 0 Å². The summed E-state index contributed by atoms with van der Waals surface area (Å²) in [5.74, 6) is -7.16. The highest BCUT2D eigenvalue weighted by molar-refractivity contribution is 5.78. The number of esters is 1. The van der Waals surface area contributed by atoms with Crippen LogP contribution < -0.4 is 5.32 Å². The zero-order chi connectivity index (χ0) is 18.3. The van der Waals surface area contributed by atoms with Gasteiger partial charge in [0.25, 0.3) is 0 Å². The molecule has 0 bridgehead atoms. The van der Waals surface area contributed by atoms with Crippen molar-refractivity contribution in [2.24, 2.45) is 17.8 Å². The average Bonchev–Trinajstić information content (AvgIpc) is 2.51. The van der Waals surface area contributed by atoms with Gasteiger partial charge in [0.2, 0.25) is 0 Å². The molecule has 2 N–H and O–H groups in total. The fourth-order valence-corrected chi connectivity index (χ4v) is 3.25. The van der Waals surface area contributed by atoms with Crippen molar-refractivity contribution in [3.8, 4) is 0 Å². The lowest BCUT2D eigenvalue weighted by atomic mass is 9.81. The molecule has 0 spiro atoms. The first-order valence-electron chi connectivity index (χ1n) is 8.69. The van der Waals surface area contributed by atoms with E-state index in [9.17, 15) is 23.5 Å². The second-order valence-electron chi connectivity index (χ2n) is 6.98. The predicted octanol–water partition coefficient (Wildman–Crippen LogP) is 3.08. The number of aliphatic carboxylic acids is 1. The van der Waals surface area contributed by atoms with E-state index in [1.807, 2.05) is 13.8 Å². The Hall–Kier alpha value is -1.24. The zero-order valence-corrected chi connectivity index (χ0v) is 14.7. The molecule has 1 saturated carbocycles. The number of nitrogens with one attached hydrogen (secondary N) is 1. The number of hydrogen-bond donors (Lipinski definition) is 2. The summed E-state index contributed by atoms with van der Waals surface area (Å²) in [6.45, 7) is 5.59. The lowest BCUT2D eigenvalue weighted by Gasteiger charge is -2.34. The molecule has 0 aromatic rings. The summed E-state index contributed by atoms with van der Waals surface area (Å²) in [5, 5.41) is 12.4. The number of hydrogen-bond acceptors (Lipinski definition) is 4. The van der Waals surface area contributed by atoms with E-state index in [-0.39, 0.29) is 38.0 Å². The largest absolute Gasteiger partial charge is 0.481 e. The molecule has 0 aromatic heterocycles. The van der Waals surface area contributed by atoms with Crippen molar-refractivity contribution in [1.29, 1.82) is 0 Å². The average molecular weight is 349 g/mol. The molecule has 24 heavy (non-hydrogen) atoms. The van der Waals surface area contributed by atoms with E-state index < -0.39 is 29.7 Å². The molecule has 3 unspecified atom stereocenters. The minimum absolute atomic E-state index is 0.0711. The van der Waals surface area contributed by atoms with Crippen LogP contribution in [0.3, 0.4) is 0 Å². The summed E-state index contributed by atoms with van der Waals surface area (Å²) in [4.78, 5) is 22.7. The standard InChI is InChI=1S/C17H29F2NO4/c1-4-24-16(23)17(18,19)13-6-5-7-14(9-13)20-10-12(15(21)22)8-11(2)3/h11-14,20H,4-10H2,1-3H3,(H,21,22). The number of carboxylic acids is 1. The van der Waals surface area contributed by atoms with E-state index in [1.54, 1.807) is 0 Å². The summed E-state index contributed by atoms with van der Waals surface area (Å²) in [6.07, 6.45) is 2.26. The van der Waals surface area contributed by atoms with Gasteiger partial charge in [0, 0.05) is 18.5 Å². The molecular formula is C17H29F2NO4. The van der Waals surface area contributed by atoms with Gasteiger partial charge >= 0.3 is 17.9 Å². The summed E-state index contributed by atoms with van der Waals surface area (Å²) in [7, 11) is 0. The van der Waals surface area contributed by atoms with Gasteiger partial charge in [-0.3, -0.25) is 4.79 Å². The van der Waals surface area contributed by atoms with E-state index in [4.69, 9.17) is 0 Å². The first-order valence-corrected chi connectivity index (χ1v) is 8.69. The number of alkyl halides is 2. The van der Waals surface area contributed by atoms with Crippen LogP contribution in [0.1, 0.15) is 52.9 Å². The van der Waals surface area contributed by atoms with E-state index in [0.29, 0.717) is 19.3 Å². The summed E-state index contributed by atoms with van der Waals surface area (Å²) in [5.41, 5.74) is 0. The number of rotatable bonds is 9. The third-order valence-corrected chi connectivity index (χ3v) is 4.49. The lowest BCUT2D eigenvalue weighted by molar-refractivity contribution is -0.182. The fraction of sp³-hybridized carbons (Fsp3) is 0.882. The van der Waals surface area contributed by atoms with Gasteiger partial charge in [0.05, 0.1) is 12.5 Å². The van der Waals surface area contributed by atoms with E-state index in [2.05, 4.69) is 10.1 Å². The van der Waals surface area contributed by atoms with Crippen molar-refractivity contribution in [2.75, 3.05) is 13.2 Å². The second kappa shape index (κ2) is 9.30. The quantitative estimate of drug-likeness (QED) is 0.626. The fourth-order valence-electron chi connectivity index (χ4n) is 3.25. The van der Waals surface area contributed by atoms with Crippen molar-refractivity contribution in [2.45, 2.75) is 64.8 Å². The highest BCUT2D eigenvalue weighted by atomic mass is 19.3. The Morgan fingerprint density at radius 1 is 1.33 bits per heavy atom. The Kier molecular flexibility index (Phi) is 8.06. The van der Waals surface area contributed by atoms with Crippen molar-refractivity contribution < 1.29 is 28.2 Å². The first kappa shape index (κ1) is 20.8. The van der Waals surface area contributed by atoms with Gasteiger partial charge in [-0.1, -0.05) is 20.3 Å². The van der Waals surface area contributed by atoms with Crippen molar-refractivity contribution in [3.05, 3.63) is 0 Å². The molecule has 1 aliphatic carbocycles. The van der Waals surface area contributed by atoms with Gasteiger partial charge in [0.15, 0.2) is 0 Å². The van der Waals surface area contributed by atoms with Crippen LogP contribution in [-0.2, 0) is 14.3 Å². The summed E-state index contributed by atoms with van der Waals surface area (Å²) >= 11 is 0. The van der Waals surface area contributed by atoms with E-state index >= 15 is 0 Å². The van der Waals surface area contributed by atoms with Crippen LogP contribution in [0.2, 0.25) is 0 Å². The van der Waals surface area contributed by atoms with Gasteiger partial charge in [-0.15, -0.1) is 0 Å². The molecule has 0 aliphatic heterocycles. The Morgan fingerprint density at radius 2 is 2.00 bits per heavy atom. The molecule has 1 aliphatic rings. The van der Waals surface area contributed by atoms with Crippen LogP contribution in [0, 0.1) is 17.8 Å². The predicted molar refractivity (Wildman–Crippen MR) is 85.9 cm³/mol. The molecule has 3 atom stereocenters. The molecule has 0 radical (unpaired) electrons. The van der Waals surface area contributed by atoms with Gasteiger partial charge in [-0.2, -0.15) is 8.78 Å². The third-order valence-electron chi connectivity index (χ3n) is 4.49. The summed E-state index contributed by atoms with van der Waals surface area (Å²) in [6, 6.07) is -0.196. The molecule has 7 heteroatoms. The van der Waals surface area contributed by atoms with Crippen molar-refractivity contribution >= 4 is 11.9 Å². The number of ether oxygens (including phenoxy) is 1. The van der Waals surface area contributed by atoms with E-state index in [1.165, 1.54) is 6.92 Å². The lowest BCUT2D eigenvalue weighted by Crippen LogP contribution is -2.46. The topological polar surface area (TPSA) is 75.6 Å². The maximum atomic E-state index is 14.2. The van der Waals surface area contributed by atoms with Gasteiger partial charge in [0.1, 0.15) is 0 Å². The molecule has 0 amide bonds. The highest BCUT2D eigenvalue weighted by Gasteiger charge is 2.49. The zero-order valence-electron chi connectivity index (χ0n) is 14.7. The molecule has 0 aromatic carbocycles. The molecular weight excluding hydrogens is 320 g/mol. The maximum absolute atomic E-state index is 14.2. The molecule has 1 rings (SSSR count). The SMILES string of the molecule is CCOC(=O)C(F)(F)C1CCCC(NCC(CC(C)C)C(=O)O)C1. The smallest absolute Gasteiger partial charge is 0.377 e. The number of carboxylic acid groups (broad SMARTS) is 1. The van der Waals surface area contributed by atoms with Gasteiger partial charge in [-0.25, -0.2) is 4.79 Å². The molecule has 140 valence electrons. The second-order valence-corrected chi connectivity index (χ2v) is 6.98. The first-order chi connectivity index (χ1) is 11.2. The van der Waals surface area contributed by atoms with Gasteiger partial charge in [-0.05, 0) is 38.5 Å². The monoisotopic (exact) mass is 349 g/mol. The Morgan fingerprint density at radius 3 is 2.54 bits per heavy atom. The number of halogens is 2. The minimum Gasteiger partial charge on any atom is -0.481 e.